The second kappa shape index (κ2) is 7.04. The highest BCUT2D eigenvalue weighted by Gasteiger charge is 2.04. The molecule has 0 unspecified atom stereocenters. The summed E-state index contributed by atoms with van der Waals surface area (Å²) >= 11 is 0. The number of hydrogen-bond acceptors (Lipinski definition) is 2. The quantitative estimate of drug-likeness (QED) is 0.524. The van der Waals surface area contributed by atoms with Gasteiger partial charge in [-0.1, -0.05) is 19.4 Å². The van der Waals surface area contributed by atoms with Crippen LogP contribution < -0.4 is 10.6 Å². The van der Waals surface area contributed by atoms with Gasteiger partial charge in [0.2, 0.25) is 11.8 Å². The van der Waals surface area contributed by atoms with Gasteiger partial charge in [0.1, 0.15) is 0 Å². The molecule has 0 fully saturated rings. The monoisotopic (exact) mass is 212 g/mol. The zero-order chi connectivity index (χ0) is 11.8. The molecule has 0 saturated heterocycles. The second-order valence-corrected chi connectivity index (χ2v) is 3.96. The molecule has 0 heterocycles. The molecule has 86 valence electrons. The zero-order valence-corrected chi connectivity index (χ0v) is 9.89. The Morgan fingerprint density at radius 2 is 1.67 bits per heavy atom. The summed E-state index contributed by atoms with van der Waals surface area (Å²) in [6, 6.07) is 0. The Kier molecular flexibility index (Phi) is 6.42. The number of hydrogen-bond donors (Lipinski definition) is 2. The maximum absolute atomic E-state index is 11.1. The smallest absolute Gasteiger partial charge is 0.243 e. The molecule has 0 aromatic rings. The van der Waals surface area contributed by atoms with Gasteiger partial charge in [0.25, 0.3) is 0 Å². The van der Waals surface area contributed by atoms with E-state index in [9.17, 15) is 9.59 Å². The molecule has 0 atom stereocenters. The maximum atomic E-state index is 11.1. The fourth-order valence-electron chi connectivity index (χ4n) is 0.889. The summed E-state index contributed by atoms with van der Waals surface area (Å²) in [4.78, 5) is 22.3. The minimum Gasteiger partial charge on any atom is -0.354 e. The predicted octanol–water partition coefficient (Wildman–Crippen LogP) is 0.841. The van der Waals surface area contributed by atoms with Crippen LogP contribution in [-0.2, 0) is 9.59 Å². The molecule has 0 aromatic carbocycles. The average Bonchev–Trinajstić information content (AvgIpc) is 2.10. The molecule has 2 amide bonds. The standard InChI is InChI=1S/C11H20N2O2/c1-8(2)7-10(14)12-5-6-13-11(15)9(3)4/h7,9H,5-6H2,1-4H3,(H,12,14)(H,13,15). The van der Waals surface area contributed by atoms with E-state index in [1.165, 1.54) is 6.08 Å². The normalized spacial score (nSPS) is 9.67. The molecule has 0 rings (SSSR count). The predicted molar refractivity (Wildman–Crippen MR) is 60.3 cm³/mol. The summed E-state index contributed by atoms with van der Waals surface area (Å²) in [6.07, 6.45) is 1.53. The van der Waals surface area contributed by atoms with Crippen LogP contribution in [0.2, 0.25) is 0 Å². The van der Waals surface area contributed by atoms with Crippen LogP contribution in [0.4, 0.5) is 0 Å². The van der Waals surface area contributed by atoms with Crippen molar-refractivity contribution in [1.29, 1.82) is 0 Å². The van der Waals surface area contributed by atoms with E-state index < -0.39 is 0 Å². The Bertz CT molecular complexity index is 253. The van der Waals surface area contributed by atoms with Gasteiger partial charge in [-0.25, -0.2) is 0 Å². The molecule has 15 heavy (non-hydrogen) atoms. The van der Waals surface area contributed by atoms with Gasteiger partial charge in [-0.05, 0) is 13.8 Å². The van der Waals surface area contributed by atoms with Crippen LogP contribution in [0.25, 0.3) is 0 Å². The van der Waals surface area contributed by atoms with Crippen molar-refractivity contribution in [1.82, 2.24) is 10.6 Å². The SMILES string of the molecule is CC(C)=CC(=O)NCCNC(=O)C(C)C. The lowest BCUT2D eigenvalue weighted by Crippen LogP contribution is -2.35. The molecule has 0 aliphatic carbocycles. The van der Waals surface area contributed by atoms with Crippen LogP contribution in [0.1, 0.15) is 27.7 Å². The molecule has 2 N–H and O–H groups in total. The van der Waals surface area contributed by atoms with Crippen molar-refractivity contribution in [3.8, 4) is 0 Å². The minimum atomic E-state index is -0.117. The lowest BCUT2D eigenvalue weighted by molar-refractivity contribution is -0.124. The number of nitrogens with one attached hydrogen (secondary N) is 2. The van der Waals surface area contributed by atoms with Crippen LogP contribution in [0.15, 0.2) is 11.6 Å². The Labute approximate surface area is 91.1 Å². The first-order chi connectivity index (χ1) is 6.93. The summed E-state index contributed by atoms with van der Waals surface area (Å²) in [7, 11) is 0. The summed E-state index contributed by atoms with van der Waals surface area (Å²) in [5.41, 5.74) is 0.957. The first-order valence-corrected chi connectivity index (χ1v) is 5.14. The molecule has 0 spiro atoms. The van der Waals surface area contributed by atoms with Crippen molar-refractivity contribution < 1.29 is 9.59 Å². The third-order valence-electron chi connectivity index (χ3n) is 1.67. The number of rotatable bonds is 5. The molecule has 0 aromatic heterocycles. The van der Waals surface area contributed by atoms with Crippen LogP contribution in [0.3, 0.4) is 0 Å². The third-order valence-corrected chi connectivity index (χ3v) is 1.67. The van der Waals surface area contributed by atoms with Crippen molar-refractivity contribution in [2.75, 3.05) is 13.1 Å². The highest BCUT2D eigenvalue weighted by molar-refractivity contribution is 5.88. The highest BCUT2D eigenvalue weighted by Crippen LogP contribution is 1.89. The van der Waals surface area contributed by atoms with Crippen molar-refractivity contribution in [3.63, 3.8) is 0 Å². The van der Waals surface area contributed by atoms with E-state index in [4.69, 9.17) is 0 Å². The van der Waals surface area contributed by atoms with Gasteiger partial charge >= 0.3 is 0 Å². The van der Waals surface area contributed by atoms with Gasteiger partial charge in [0, 0.05) is 25.1 Å². The fraction of sp³-hybridized carbons (Fsp3) is 0.636. The summed E-state index contributed by atoms with van der Waals surface area (Å²) < 4.78 is 0. The first kappa shape index (κ1) is 13.7. The summed E-state index contributed by atoms with van der Waals surface area (Å²) in [6.45, 7) is 8.31. The third kappa shape index (κ3) is 7.73. The molecule has 4 heteroatoms. The molecule has 0 saturated carbocycles. The van der Waals surface area contributed by atoms with Crippen molar-refractivity contribution in [2.45, 2.75) is 27.7 Å². The van der Waals surface area contributed by atoms with Gasteiger partial charge < -0.3 is 10.6 Å². The molecule has 0 radical (unpaired) electrons. The molecule has 0 aliphatic heterocycles. The minimum absolute atomic E-state index is 0.00598. The Hall–Kier alpha value is -1.32. The van der Waals surface area contributed by atoms with Gasteiger partial charge in [-0.3, -0.25) is 9.59 Å². The highest BCUT2D eigenvalue weighted by atomic mass is 16.2. The van der Waals surface area contributed by atoms with Crippen LogP contribution in [-0.4, -0.2) is 24.9 Å². The van der Waals surface area contributed by atoms with E-state index >= 15 is 0 Å². The first-order valence-electron chi connectivity index (χ1n) is 5.14. The number of allylic oxidation sites excluding steroid dienone is 1. The Balaban J connectivity index is 3.60. The van der Waals surface area contributed by atoms with Gasteiger partial charge in [0.15, 0.2) is 0 Å². The lowest BCUT2D eigenvalue weighted by Gasteiger charge is -2.07. The summed E-state index contributed by atoms with van der Waals surface area (Å²) in [5, 5.41) is 5.39. The van der Waals surface area contributed by atoms with E-state index in [1.807, 2.05) is 27.7 Å². The van der Waals surface area contributed by atoms with E-state index in [2.05, 4.69) is 10.6 Å². The lowest BCUT2D eigenvalue weighted by atomic mass is 10.2. The van der Waals surface area contributed by atoms with Crippen LogP contribution in [0, 0.1) is 5.92 Å². The van der Waals surface area contributed by atoms with Crippen molar-refractivity contribution in [2.24, 2.45) is 5.92 Å². The van der Waals surface area contributed by atoms with E-state index in [1.54, 1.807) is 0 Å². The Morgan fingerprint density at radius 1 is 1.13 bits per heavy atom. The largest absolute Gasteiger partial charge is 0.354 e. The van der Waals surface area contributed by atoms with Crippen LogP contribution in [0.5, 0.6) is 0 Å². The average molecular weight is 212 g/mol. The van der Waals surface area contributed by atoms with Crippen molar-refractivity contribution in [3.05, 3.63) is 11.6 Å². The van der Waals surface area contributed by atoms with Crippen molar-refractivity contribution >= 4 is 11.8 Å². The number of carbonyl (C=O) groups is 2. The fourth-order valence-corrected chi connectivity index (χ4v) is 0.889. The van der Waals surface area contributed by atoms with Gasteiger partial charge in [0.05, 0.1) is 0 Å². The van der Waals surface area contributed by atoms with E-state index in [0.717, 1.165) is 5.57 Å². The summed E-state index contributed by atoms with van der Waals surface area (Å²) in [5.74, 6) is -0.126. The Morgan fingerprint density at radius 3 is 2.13 bits per heavy atom. The van der Waals surface area contributed by atoms with E-state index in [0.29, 0.717) is 13.1 Å². The van der Waals surface area contributed by atoms with Gasteiger partial charge in [-0.15, -0.1) is 0 Å². The molecule has 0 aliphatic rings. The zero-order valence-electron chi connectivity index (χ0n) is 9.89. The van der Waals surface area contributed by atoms with Gasteiger partial charge in [-0.2, -0.15) is 0 Å². The van der Waals surface area contributed by atoms with Crippen LogP contribution >= 0.6 is 0 Å². The molecular weight excluding hydrogens is 192 g/mol. The maximum Gasteiger partial charge on any atom is 0.243 e. The molecule has 4 nitrogen and oxygen atoms in total. The molecule has 0 bridgehead atoms. The molecular formula is C11H20N2O2. The number of carbonyl (C=O) groups excluding carboxylic acids is 2. The second-order valence-electron chi connectivity index (χ2n) is 3.96. The number of amides is 2. The van der Waals surface area contributed by atoms with E-state index in [-0.39, 0.29) is 17.7 Å². The topological polar surface area (TPSA) is 58.2 Å².